The number of rotatable bonds is 22. The molecular formula is C52H72ClNO9. The molecular weight excluding hydrogens is 818 g/mol. The largest absolute Gasteiger partial charge is 0.460 e. The highest BCUT2D eigenvalue weighted by Gasteiger charge is 2.44. The van der Waals surface area contributed by atoms with Crippen molar-refractivity contribution in [1.82, 2.24) is 0 Å². The lowest BCUT2D eigenvalue weighted by Crippen LogP contribution is -2.46. The highest BCUT2D eigenvalue weighted by molar-refractivity contribution is 6.31. The molecule has 0 spiro atoms. The minimum atomic E-state index is -1.52. The molecule has 3 aromatic carbocycles. The third kappa shape index (κ3) is 16.7. The van der Waals surface area contributed by atoms with Crippen LogP contribution in [0.3, 0.4) is 0 Å². The number of aryl methyl sites for hydroxylation is 1. The van der Waals surface area contributed by atoms with Crippen LogP contribution in [-0.4, -0.2) is 64.8 Å². The molecule has 0 saturated heterocycles. The molecule has 63 heavy (non-hydrogen) atoms. The number of halogens is 1. The first-order valence-corrected chi connectivity index (χ1v) is 22.5. The van der Waals surface area contributed by atoms with E-state index in [1.807, 2.05) is 129 Å². The van der Waals surface area contributed by atoms with Crippen LogP contribution in [0.4, 0.5) is 0 Å². The molecule has 3 aromatic rings. The summed E-state index contributed by atoms with van der Waals surface area (Å²) >= 11 is 6.95. The lowest BCUT2D eigenvalue weighted by Gasteiger charge is -2.37. The molecule has 0 fully saturated rings. The van der Waals surface area contributed by atoms with Gasteiger partial charge in [-0.15, -0.1) is 0 Å². The fourth-order valence-electron chi connectivity index (χ4n) is 7.52. The Balaban J connectivity index is 2.09. The molecule has 11 heteroatoms. The molecule has 10 nitrogen and oxygen atoms in total. The van der Waals surface area contributed by atoms with Gasteiger partial charge >= 0.3 is 11.9 Å². The predicted molar refractivity (Wildman–Crippen MR) is 248 cm³/mol. The Morgan fingerprint density at radius 2 is 1.13 bits per heavy atom. The van der Waals surface area contributed by atoms with E-state index in [0.29, 0.717) is 21.7 Å². The number of Topliss-reactive ketones (excluding diaryl/α,β-unsaturated/α-hetero) is 3. The van der Waals surface area contributed by atoms with E-state index in [9.17, 15) is 24.0 Å². The molecule has 3 rings (SSSR count). The SMILES string of the molecule is Cc1ccc(C(OC(=O)C(CC(=O)C(CC(=O)OC(C)(C)C)CC(=O)C(COC(C)(C)C)CC(=O)C(N)C(C)OC(C)(C)C)CC(C)C)(c2ccccc2)c2ccccc2Cl)cc1. The van der Waals surface area contributed by atoms with E-state index >= 15 is 0 Å². The van der Waals surface area contributed by atoms with E-state index in [0.717, 1.165) is 5.56 Å². The van der Waals surface area contributed by atoms with Crippen molar-refractivity contribution in [2.75, 3.05) is 6.61 Å². The standard InChI is InChI=1S/C52H72ClNO9/c1-33(2)27-37(48(59)63-52(39-19-15-14-16-20-39,40-25-23-34(3)24-26-40)41-21-17-18-22-42(41)53)29-43(55)36(31-46(58)62-51(11,12)13)28-44(56)38(32-60-49(5,6)7)30-45(57)47(54)35(4)61-50(8,9)10/h14-26,33,35-38,47H,27-32,54H2,1-13H3. The molecule has 0 aliphatic rings. The summed E-state index contributed by atoms with van der Waals surface area (Å²) in [5.41, 5.74) is 5.62. The fourth-order valence-corrected chi connectivity index (χ4v) is 7.78. The smallest absolute Gasteiger partial charge is 0.310 e. The van der Waals surface area contributed by atoms with Crippen molar-refractivity contribution in [3.8, 4) is 0 Å². The molecule has 0 saturated carbocycles. The number of carbonyl (C=O) groups excluding carboxylic acids is 5. The summed E-state index contributed by atoms with van der Waals surface area (Å²) in [6.45, 7) is 23.7. The van der Waals surface area contributed by atoms with E-state index in [4.69, 9.17) is 36.3 Å². The third-order valence-corrected chi connectivity index (χ3v) is 10.8. The number of ketones is 3. The molecule has 6 atom stereocenters. The first kappa shape index (κ1) is 53.1. The van der Waals surface area contributed by atoms with Crippen LogP contribution in [0.2, 0.25) is 5.02 Å². The van der Waals surface area contributed by atoms with Crippen molar-refractivity contribution >= 4 is 40.9 Å². The maximum absolute atomic E-state index is 14.9. The number of nitrogens with two attached hydrogens (primary N) is 1. The average molecular weight is 891 g/mol. The van der Waals surface area contributed by atoms with E-state index in [2.05, 4.69) is 0 Å². The number of esters is 2. The summed E-state index contributed by atoms with van der Waals surface area (Å²) in [5.74, 6) is -5.84. The van der Waals surface area contributed by atoms with Crippen LogP contribution < -0.4 is 5.73 Å². The summed E-state index contributed by atoms with van der Waals surface area (Å²) in [6.07, 6.45) is -1.77. The van der Waals surface area contributed by atoms with Gasteiger partial charge in [-0.05, 0) is 94.6 Å². The van der Waals surface area contributed by atoms with Gasteiger partial charge in [0.2, 0.25) is 0 Å². The van der Waals surface area contributed by atoms with Gasteiger partial charge in [-0.3, -0.25) is 24.0 Å². The molecule has 0 radical (unpaired) electrons. The van der Waals surface area contributed by atoms with Gasteiger partial charge in [0, 0.05) is 52.8 Å². The first-order chi connectivity index (χ1) is 29.1. The van der Waals surface area contributed by atoms with Crippen LogP contribution in [0, 0.1) is 30.6 Å². The van der Waals surface area contributed by atoms with E-state index in [1.165, 1.54) is 0 Å². The molecule has 0 aromatic heterocycles. The minimum Gasteiger partial charge on any atom is -0.460 e. The van der Waals surface area contributed by atoms with Crippen LogP contribution in [0.5, 0.6) is 0 Å². The summed E-state index contributed by atoms with van der Waals surface area (Å²) in [6, 6.07) is 23.2. The monoisotopic (exact) mass is 889 g/mol. The topological polar surface area (TPSA) is 148 Å². The number of benzene rings is 3. The van der Waals surface area contributed by atoms with Crippen molar-refractivity contribution < 1.29 is 42.9 Å². The molecule has 0 amide bonds. The maximum atomic E-state index is 14.9. The van der Waals surface area contributed by atoms with Crippen LogP contribution in [0.25, 0.3) is 0 Å². The zero-order chi connectivity index (χ0) is 47.5. The Labute approximate surface area is 381 Å². The average Bonchev–Trinajstić information content (AvgIpc) is 3.16. The van der Waals surface area contributed by atoms with Crippen LogP contribution >= 0.6 is 11.6 Å². The zero-order valence-electron chi connectivity index (χ0n) is 39.8. The van der Waals surface area contributed by atoms with Crippen molar-refractivity contribution in [3.63, 3.8) is 0 Å². The van der Waals surface area contributed by atoms with Gasteiger partial charge in [-0.25, -0.2) is 0 Å². The first-order valence-electron chi connectivity index (χ1n) is 22.1. The van der Waals surface area contributed by atoms with Gasteiger partial charge < -0.3 is 24.7 Å². The molecule has 0 heterocycles. The molecule has 0 bridgehead atoms. The lowest BCUT2D eigenvalue weighted by atomic mass is 9.79. The van der Waals surface area contributed by atoms with Gasteiger partial charge in [0.05, 0.1) is 42.3 Å². The van der Waals surface area contributed by atoms with E-state index in [-0.39, 0.29) is 31.8 Å². The van der Waals surface area contributed by atoms with Crippen LogP contribution in [-0.2, 0) is 48.5 Å². The van der Waals surface area contributed by atoms with Crippen molar-refractivity contribution in [2.24, 2.45) is 29.4 Å². The summed E-state index contributed by atoms with van der Waals surface area (Å²) in [7, 11) is 0. The van der Waals surface area contributed by atoms with Gasteiger partial charge in [-0.2, -0.15) is 0 Å². The molecule has 6 unspecified atom stereocenters. The summed E-state index contributed by atoms with van der Waals surface area (Å²) < 4.78 is 24.4. The van der Waals surface area contributed by atoms with Crippen LogP contribution in [0.15, 0.2) is 78.9 Å². The number of carbonyl (C=O) groups is 5. The Hall–Kier alpha value is -4.22. The van der Waals surface area contributed by atoms with Gasteiger partial charge in [-0.1, -0.05) is 104 Å². The highest BCUT2D eigenvalue weighted by atomic mass is 35.5. The van der Waals surface area contributed by atoms with Gasteiger partial charge in [0.25, 0.3) is 0 Å². The van der Waals surface area contributed by atoms with Gasteiger partial charge in [0.1, 0.15) is 17.2 Å². The van der Waals surface area contributed by atoms with Crippen molar-refractivity contribution in [3.05, 3.63) is 106 Å². The second kappa shape index (κ2) is 22.6. The Kier molecular flexibility index (Phi) is 19.1. The minimum absolute atomic E-state index is 0.0501. The van der Waals surface area contributed by atoms with Gasteiger partial charge in [0.15, 0.2) is 11.4 Å². The number of ether oxygens (including phenoxy) is 4. The number of hydrogen-bond acceptors (Lipinski definition) is 10. The Morgan fingerprint density at radius 1 is 0.603 bits per heavy atom. The normalized spacial score (nSPS) is 15.7. The van der Waals surface area contributed by atoms with E-state index in [1.54, 1.807) is 39.8 Å². The third-order valence-electron chi connectivity index (χ3n) is 10.5. The van der Waals surface area contributed by atoms with Crippen LogP contribution in [0.1, 0.15) is 137 Å². The molecule has 346 valence electrons. The molecule has 0 aliphatic carbocycles. The fraction of sp³-hybridized carbons (Fsp3) is 0.558. The maximum Gasteiger partial charge on any atom is 0.310 e. The summed E-state index contributed by atoms with van der Waals surface area (Å²) in [5, 5.41) is 0.378. The lowest BCUT2D eigenvalue weighted by molar-refractivity contribution is -0.161. The van der Waals surface area contributed by atoms with E-state index < -0.39 is 94.4 Å². The quantitative estimate of drug-likeness (QED) is 0.0763. The highest BCUT2D eigenvalue weighted by Crippen LogP contribution is 2.44. The second-order valence-electron chi connectivity index (χ2n) is 20.2. The zero-order valence-corrected chi connectivity index (χ0v) is 40.6. The molecule has 2 N–H and O–H groups in total. The second-order valence-corrected chi connectivity index (χ2v) is 20.6. The Bertz CT molecular complexity index is 1990. The van der Waals surface area contributed by atoms with Crippen molar-refractivity contribution in [1.29, 1.82) is 0 Å². The predicted octanol–water partition coefficient (Wildman–Crippen LogP) is 10.3. The molecule has 0 aliphatic heterocycles. The summed E-state index contributed by atoms with van der Waals surface area (Å²) in [4.78, 5) is 71.1. The number of hydrogen-bond donors (Lipinski definition) is 1. The Morgan fingerprint density at radius 3 is 1.67 bits per heavy atom. The van der Waals surface area contributed by atoms with Crippen molar-refractivity contribution in [2.45, 2.75) is 157 Å².